The number of alkyl halides is 3. The molecule has 7 nitrogen and oxygen atoms in total. The number of halogens is 4. The molecule has 1 saturated carbocycles. The molecular formula is C21H20F4N2O5. The van der Waals surface area contributed by atoms with Crippen molar-refractivity contribution >= 4 is 17.7 Å². The SMILES string of the molecule is O=C(Nc1ccc(OC(F)(F)F)c(F)c1)NC1CCC(Oc2ccc(C(=O)O)cc2)CC1. The van der Waals surface area contributed by atoms with Crippen molar-refractivity contribution in [2.75, 3.05) is 5.32 Å². The van der Waals surface area contributed by atoms with Gasteiger partial charge in [-0.3, -0.25) is 0 Å². The van der Waals surface area contributed by atoms with Crippen LogP contribution in [0.25, 0.3) is 0 Å². The van der Waals surface area contributed by atoms with Crippen molar-refractivity contribution in [1.82, 2.24) is 5.32 Å². The van der Waals surface area contributed by atoms with E-state index >= 15 is 0 Å². The molecule has 1 aliphatic rings. The number of aromatic carboxylic acids is 1. The monoisotopic (exact) mass is 456 g/mol. The van der Waals surface area contributed by atoms with Crippen molar-refractivity contribution in [3.63, 3.8) is 0 Å². The Labute approximate surface area is 180 Å². The maximum absolute atomic E-state index is 13.7. The Kier molecular flexibility index (Phi) is 7.06. The first-order valence-electron chi connectivity index (χ1n) is 9.72. The van der Waals surface area contributed by atoms with Crippen LogP contribution in [0.3, 0.4) is 0 Å². The summed E-state index contributed by atoms with van der Waals surface area (Å²) in [5, 5.41) is 14.0. The van der Waals surface area contributed by atoms with E-state index in [1.54, 1.807) is 12.1 Å². The minimum atomic E-state index is -5.02. The Hall–Kier alpha value is -3.50. The van der Waals surface area contributed by atoms with Gasteiger partial charge in [-0.15, -0.1) is 13.2 Å². The first-order chi connectivity index (χ1) is 15.1. The van der Waals surface area contributed by atoms with Gasteiger partial charge in [-0.25, -0.2) is 14.0 Å². The number of benzene rings is 2. The number of nitrogens with one attached hydrogen (secondary N) is 2. The van der Waals surface area contributed by atoms with Crippen molar-refractivity contribution in [3.8, 4) is 11.5 Å². The van der Waals surface area contributed by atoms with E-state index in [4.69, 9.17) is 9.84 Å². The minimum absolute atomic E-state index is 0.0173. The summed E-state index contributed by atoms with van der Waals surface area (Å²) in [4.78, 5) is 23.0. The second-order valence-electron chi connectivity index (χ2n) is 7.21. The maximum Gasteiger partial charge on any atom is 0.573 e. The largest absolute Gasteiger partial charge is 0.573 e. The average molecular weight is 456 g/mol. The number of ether oxygens (including phenoxy) is 2. The Morgan fingerprint density at radius 3 is 2.22 bits per heavy atom. The number of carbonyl (C=O) groups is 2. The highest BCUT2D eigenvalue weighted by molar-refractivity contribution is 5.89. The molecule has 2 aromatic carbocycles. The van der Waals surface area contributed by atoms with Crippen molar-refractivity contribution in [2.45, 2.75) is 44.2 Å². The Morgan fingerprint density at radius 2 is 1.66 bits per heavy atom. The summed E-state index contributed by atoms with van der Waals surface area (Å²) in [7, 11) is 0. The van der Waals surface area contributed by atoms with Gasteiger partial charge in [0, 0.05) is 17.8 Å². The van der Waals surface area contributed by atoms with Gasteiger partial charge in [-0.05, 0) is 62.1 Å². The fraction of sp³-hybridized carbons (Fsp3) is 0.333. The van der Waals surface area contributed by atoms with Crippen LogP contribution in [0.4, 0.5) is 28.0 Å². The van der Waals surface area contributed by atoms with E-state index in [0.29, 0.717) is 31.4 Å². The lowest BCUT2D eigenvalue weighted by molar-refractivity contribution is -0.275. The standard InChI is InChI=1S/C21H20F4N2O5/c22-17-11-14(5-10-18(17)32-21(23,24)25)27-20(30)26-13-3-8-16(9-4-13)31-15-6-1-12(2-7-15)19(28)29/h1-2,5-7,10-11,13,16H,3-4,8-9H2,(H,28,29)(H2,26,27,30). The molecule has 32 heavy (non-hydrogen) atoms. The summed E-state index contributed by atoms with van der Waals surface area (Å²) < 4.78 is 59.7. The molecule has 172 valence electrons. The molecule has 0 bridgehead atoms. The molecule has 0 atom stereocenters. The third-order valence-corrected chi connectivity index (χ3v) is 4.83. The van der Waals surface area contributed by atoms with Gasteiger partial charge in [0.05, 0.1) is 11.7 Å². The zero-order valence-corrected chi connectivity index (χ0v) is 16.6. The molecular weight excluding hydrogens is 436 g/mol. The van der Waals surface area contributed by atoms with Crippen LogP contribution in [0.2, 0.25) is 0 Å². The lowest BCUT2D eigenvalue weighted by atomic mass is 9.93. The van der Waals surface area contributed by atoms with E-state index in [1.165, 1.54) is 12.1 Å². The molecule has 0 heterocycles. The van der Waals surface area contributed by atoms with Crippen LogP contribution in [-0.4, -0.2) is 35.6 Å². The van der Waals surface area contributed by atoms with Crippen LogP contribution in [-0.2, 0) is 0 Å². The molecule has 3 rings (SSSR count). The highest BCUT2D eigenvalue weighted by Gasteiger charge is 2.32. The van der Waals surface area contributed by atoms with Gasteiger partial charge in [0.25, 0.3) is 0 Å². The molecule has 3 N–H and O–H groups in total. The number of anilines is 1. The van der Waals surface area contributed by atoms with Gasteiger partial charge in [-0.2, -0.15) is 0 Å². The summed E-state index contributed by atoms with van der Waals surface area (Å²) in [5.74, 6) is -2.70. The molecule has 2 amide bonds. The van der Waals surface area contributed by atoms with Crippen molar-refractivity contribution in [3.05, 3.63) is 53.8 Å². The van der Waals surface area contributed by atoms with Crippen LogP contribution in [0.15, 0.2) is 42.5 Å². The summed E-state index contributed by atoms with van der Waals surface area (Å²) in [6, 6.07) is 7.95. The third-order valence-electron chi connectivity index (χ3n) is 4.83. The number of carboxylic acids is 1. The van der Waals surface area contributed by atoms with E-state index in [9.17, 15) is 27.2 Å². The first-order valence-corrected chi connectivity index (χ1v) is 9.72. The topological polar surface area (TPSA) is 96.9 Å². The molecule has 0 radical (unpaired) electrons. The molecule has 1 fully saturated rings. The Morgan fingerprint density at radius 1 is 1.00 bits per heavy atom. The number of carbonyl (C=O) groups excluding carboxylic acids is 1. The van der Waals surface area contributed by atoms with Crippen molar-refractivity contribution in [2.24, 2.45) is 0 Å². The predicted octanol–water partition coefficient (Wildman–Crippen LogP) is 4.93. The average Bonchev–Trinajstić information content (AvgIpc) is 2.71. The van der Waals surface area contributed by atoms with Crippen LogP contribution < -0.4 is 20.1 Å². The van der Waals surface area contributed by atoms with E-state index < -0.39 is 29.9 Å². The lowest BCUT2D eigenvalue weighted by Gasteiger charge is -2.29. The highest BCUT2D eigenvalue weighted by Crippen LogP contribution is 2.28. The molecule has 11 heteroatoms. The van der Waals surface area contributed by atoms with E-state index in [1.807, 2.05) is 0 Å². The van der Waals surface area contributed by atoms with Crippen molar-refractivity contribution < 1.29 is 41.7 Å². The highest BCUT2D eigenvalue weighted by atomic mass is 19.4. The zero-order valence-electron chi connectivity index (χ0n) is 16.6. The molecule has 0 unspecified atom stereocenters. The van der Waals surface area contributed by atoms with E-state index in [0.717, 1.165) is 18.2 Å². The van der Waals surface area contributed by atoms with Gasteiger partial charge in [0.15, 0.2) is 11.6 Å². The maximum atomic E-state index is 13.7. The number of urea groups is 1. The second kappa shape index (κ2) is 9.75. The summed E-state index contributed by atoms with van der Waals surface area (Å²) in [6.45, 7) is 0. The fourth-order valence-corrected chi connectivity index (χ4v) is 3.33. The molecule has 0 aromatic heterocycles. The zero-order chi connectivity index (χ0) is 23.3. The van der Waals surface area contributed by atoms with Gasteiger partial charge in [-0.1, -0.05) is 0 Å². The third kappa shape index (κ3) is 6.76. The minimum Gasteiger partial charge on any atom is -0.490 e. The van der Waals surface area contributed by atoms with Gasteiger partial charge >= 0.3 is 18.4 Å². The molecule has 0 spiro atoms. The first kappa shape index (κ1) is 23.2. The number of hydrogen-bond acceptors (Lipinski definition) is 4. The lowest BCUT2D eigenvalue weighted by Crippen LogP contribution is -2.41. The van der Waals surface area contributed by atoms with Crippen LogP contribution in [0.5, 0.6) is 11.5 Å². The van der Waals surface area contributed by atoms with Gasteiger partial charge in [0.2, 0.25) is 0 Å². The fourth-order valence-electron chi connectivity index (χ4n) is 3.33. The van der Waals surface area contributed by atoms with Crippen molar-refractivity contribution in [1.29, 1.82) is 0 Å². The summed E-state index contributed by atoms with van der Waals surface area (Å²) in [6.07, 6.45) is -2.54. The van der Waals surface area contributed by atoms with Crippen LogP contribution >= 0.6 is 0 Å². The van der Waals surface area contributed by atoms with Crippen LogP contribution in [0.1, 0.15) is 36.0 Å². The summed E-state index contributed by atoms with van der Waals surface area (Å²) >= 11 is 0. The predicted molar refractivity (Wildman–Crippen MR) is 105 cm³/mol. The molecule has 0 aliphatic heterocycles. The number of carboxylic acid groups (broad SMARTS) is 1. The number of amides is 2. The molecule has 2 aromatic rings. The Bertz CT molecular complexity index is 958. The van der Waals surface area contributed by atoms with E-state index in [-0.39, 0.29) is 23.4 Å². The molecule has 0 saturated heterocycles. The molecule has 1 aliphatic carbocycles. The van der Waals surface area contributed by atoms with Gasteiger partial charge < -0.3 is 25.2 Å². The Balaban J connectivity index is 1.44. The number of rotatable bonds is 6. The second-order valence-corrected chi connectivity index (χ2v) is 7.21. The number of hydrogen-bond donors (Lipinski definition) is 3. The normalized spacial score (nSPS) is 18.5. The van der Waals surface area contributed by atoms with E-state index in [2.05, 4.69) is 15.4 Å². The quantitative estimate of drug-likeness (QED) is 0.536. The summed E-state index contributed by atoms with van der Waals surface area (Å²) in [5.41, 5.74) is 0.148. The van der Waals surface area contributed by atoms with Gasteiger partial charge in [0.1, 0.15) is 5.75 Å². The smallest absolute Gasteiger partial charge is 0.490 e. The van der Waals surface area contributed by atoms with Crippen LogP contribution in [0, 0.1) is 5.82 Å².